The second-order valence-electron chi connectivity index (χ2n) is 6.17. The van der Waals surface area contributed by atoms with Crippen LogP contribution < -0.4 is 9.64 Å². The molecule has 0 spiro atoms. The monoisotopic (exact) mass is 352 g/mol. The van der Waals surface area contributed by atoms with Gasteiger partial charge in [-0.2, -0.15) is 5.10 Å². The van der Waals surface area contributed by atoms with E-state index in [0.717, 1.165) is 11.9 Å². The van der Waals surface area contributed by atoms with Crippen LogP contribution >= 0.6 is 0 Å². The largest absolute Gasteiger partial charge is 0.487 e. The maximum atomic E-state index is 13.1. The molecule has 1 aliphatic rings. The minimum Gasteiger partial charge on any atom is -0.487 e. The normalized spacial score (nSPS) is 16.5. The van der Waals surface area contributed by atoms with Crippen molar-refractivity contribution in [2.24, 2.45) is 0 Å². The van der Waals surface area contributed by atoms with Crippen molar-refractivity contribution in [2.75, 3.05) is 11.4 Å². The number of hydrogen-bond donors (Lipinski definition) is 0. The van der Waals surface area contributed by atoms with Gasteiger partial charge in [-0.05, 0) is 37.3 Å². The van der Waals surface area contributed by atoms with E-state index in [1.807, 2.05) is 37.3 Å². The number of anilines is 1. The van der Waals surface area contributed by atoms with Gasteiger partial charge in [-0.15, -0.1) is 0 Å². The van der Waals surface area contributed by atoms with Crippen LogP contribution in [0.2, 0.25) is 0 Å². The molecule has 0 unspecified atom stereocenters. The molecule has 2 aromatic heterocycles. The first-order chi connectivity index (χ1) is 12.6. The van der Waals surface area contributed by atoms with Crippen LogP contribution in [0, 0.1) is 5.82 Å². The maximum Gasteiger partial charge on any atom is 0.277 e. The minimum atomic E-state index is -0.434. The number of para-hydroxylation sites is 1. The number of aromatic nitrogens is 3. The Labute approximate surface area is 149 Å². The van der Waals surface area contributed by atoms with Crippen LogP contribution in [0.1, 0.15) is 29.1 Å². The van der Waals surface area contributed by atoms with Gasteiger partial charge in [0.25, 0.3) is 5.91 Å². The van der Waals surface area contributed by atoms with E-state index in [1.54, 1.807) is 15.6 Å². The van der Waals surface area contributed by atoms with E-state index in [1.165, 1.54) is 12.1 Å². The van der Waals surface area contributed by atoms with E-state index in [2.05, 4.69) is 10.1 Å². The summed E-state index contributed by atoms with van der Waals surface area (Å²) in [7, 11) is 0. The molecule has 132 valence electrons. The summed E-state index contributed by atoms with van der Waals surface area (Å²) in [5.41, 5.74) is 1.15. The number of ether oxygens (including phenoxy) is 1. The van der Waals surface area contributed by atoms with Crippen LogP contribution in [0.15, 0.2) is 54.7 Å². The van der Waals surface area contributed by atoms with Crippen molar-refractivity contribution in [1.29, 1.82) is 0 Å². The SMILES string of the molecule is C[C@@H]1CN(c2ccc(F)cn2)C(=O)c2cc(COc3ccccc3)nn21. The van der Waals surface area contributed by atoms with E-state index in [-0.39, 0.29) is 18.6 Å². The molecular formula is C19H17FN4O2. The van der Waals surface area contributed by atoms with E-state index in [4.69, 9.17) is 4.74 Å². The Morgan fingerprint density at radius 1 is 1.23 bits per heavy atom. The lowest BCUT2D eigenvalue weighted by molar-refractivity contribution is 0.0952. The Morgan fingerprint density at radius 3 is 2.77 bits per heavy atom. The number of fused-ring (bicyclic) bond motifs is 1. The molecular weight excluding hydrogens is 335 g/mol. The second-order valence-corrected chi connectivity index (χ2v) is 6.17. The molecule has 0 saturated heterocycles. The van der Waals surface area contributed by atoms with E-state index in [0.29, 0.717) is 23.8 Å². The number of hydrogen-bond acceptors (Lipinski definition) is 4. The predicted octanol–water partition coefficient (Wildman–Crippen LogP) is 3.22. The van der Waals surface area contributed by atoms with Crippen LogP contribution in [-0.4, -0.2) is 27.2 Å². The molecule has 3 heterocycles. The summed E-state index contributed by atoms with van der Waals surface area (Å²) in [5, 5.41) is 4.50. The highest BCUT2D eigenvalue weighted by Gasteiger charge is 2.32. The number of pyridine rings is 1. The van der Waals surface area contributed by atoms with Gasteiger partial charge in [0.15, 0.2) is 0 Å². The first-order valence-corrected chi connectivity index (χ1v) is 8.31. The van der Waals surface area contributed by atoms with Gasteiger partial charge < -0.3 is 4.74 Å². The highest BCUT2D eigenvalue weighted by Crippen LogP contribution is 2.25. The lowest BCUT2D eigenvalue weighted by Crippen LogP contribution is -2.42. The molecule has 3 aromatic rings. The van der Waals surface area contributed by atoms with E-state index in [9.17, 15) is 9.18 Å². The topological polar surface area (TPSA) is 60.3 Å². The van der Waals surface area contributed by atoms with Gasteiger partial charge in [0.05, 0.1) is 12.2 Å². The van der Waals surface area contributed by atoms with Crippen LogP contribution in [0.25, 0.3) is 0 Å². The number of rotatable bonds is 4. The van der Waals surface area contributed by atoms with Gasteiger partial charge in [0.2, 0.25) is 0 Å². The van der Waals surface area contributed by atoms with Crippen molar-refractivity contribution < 1.29 is 13.9 Å². The molecule has 1 amide bonds. The summed E-state index contributed by atoms with van der Waals surface area (Å²) in [5.74, 6) is 0.532. The zero-order valence-electron chi connectivity index (χ0n) is 14.2. The van der Waals surface area contributed by atoms with Crippen molar-refractivity contribution in [2.45, 2.75) is 19.6 Å². The molecule has 0 bridgehead atoms. The third kappa shape index (κ3) is 3.03. The highest BCUT2D eigenvalue weighted by atomic mass is 19.1. The summed E-state index contributed by atoms with van der Waals surface area (Å²) in [6.45, 7) is 2.67. The number of carbonyl (C=O) groups excluding carboxylic acids is 1. The third-order valence-corrected chi connectivity index (χ3v) is 4.23. The molecule has 1 atom stereocenters. The Bertz CT molecular complexity index is 924. The second kappa shape index (κ2) is 6.59. The zero-order valence-corrected chi connectivity index (χ0v) is 14.2. The fraction of sp³-hybridized carbons (Fsp3) is 0.211. The molecule has 0 N–H and O–H groups in total. The fourth-order valence-corrected chi connectivity index (χ4v) is 2.97. The Morgan fingerprint density at radius 2 is 2.04 bits per heavy atom. The van der Waals surface area contributed by atoms with Gasteiger partial charge >= 0.3 is 0 Å². The Hall–Kier alpha value is -3.22. The summed E-state index contributed by atoms with van der Waals surface area (Å²) in [4.78, 5) is 18.4. The number of benzene rings is 1. The molecule has 0 saturated carbocycles. The summed E-state index contributed by atoms with van der Waals surface area (Å²) >= 11 is 0. The first kappa shape index (κ1) is 16.3. The third-order valence-electron chi connectivity index (χ3n) is 4.23. The van der Waals surface area contributed by atoms with Crippen LogP contribution in [0.4, 0.5) is 10.2 Å². The minimum absolute atomic E-state index is 0.0278. The highest BCUT2D eigenvalue weighted by molar-refractivity contribution is 6.05. The zero-order chi connectivity index (χ0) is 18.1. The molecule has 7 heteroatoms. The average molecular weight is 352 g/mol. The summed E-state index contributed by atoms with van der Waals surface area (Å²) in [6.07, 6.45) is 1.11. The molecule has 0 fully saturated rings. The fourth-order valence-electron chi connectivity index (χ4n) is 2.97. The smallest absolute Gasteiger partial charge is 0.277 e. The van der Waals surface area contributed by atoms with Crippen molar-refractivity contribution in [3.63, 3.8) is 0 Å². The lowest BCUT2D eigenvalue weighted by Gasteiger charge is -2.30. The number of amides is 1. The maximum absolute atomic E-state index is 13.1. The molecule has 4 rings (SSSR count). The van der Waals surface area contributed by atoms with Gasteiger partial charge in [0.1, 0.15) is 35.4 Å². The molecule has 0 radical (unpaired) electrons. The predicted molar refractivity (Wildman–Crippen MR) is 93.6 cm³/mol. The van der Waals surface area contributed by atoms with Crippen molar-refractivity contribution >= 4 is 11.7 Å². The molecule has 0 aliphatic carbocycles. The summed E-state index contributed by atoms with van der Waals surface area (Å²) in [6, 6.07) is 14.0. The standard InChI is InChI=1S/C19H17FN4O2/c1-13-11-23(18-8-7-14(20)10-21-18)19(25)17-9-15(22-24(13)17)12-26-16-5-3-2-4-6-16/h2-10,13H,11-12H2,1H3/t13-/m1/s1. The van der Waals surface area contributed by atoms with E-state index >= 15 is 0 Å². The van der Waals surface area contributed by atoms with Crippen molar-refractivity contribution in [3.8, 4) is 5.75 Å². The van der Waals surface area contributed by atoms with Gasteiger partial charge in [-0.1, -0.05) is 18.2 Å². The Kier molecular flexibility index (Phi) is 4.12. The van der Waals surface area contributed by atoms with Crippen LogP contribution in [-0.2, 0) is 6.61 Å². The van der Waals surface area contributed by atoms with Crippen LogP contribution in [0.3, 0.4) is 0 Å². The van der Waals surface area contributed by atoms with Crippen molar-refractivity contribution in [3.05, 3.63) is 71.9 Å². The number of nitrogens with zero attached hydrogens (tertiary/aromatic N) is 4. The van der Waals surface area contributed by atoms with Gasteiger partial charge in [-0.25, -0.2) is 9.37 Å². The van der Waals surface area contributed by atoms with Crippen molar-refractivity contribution in [1.82, 2.24) is 14.8 Å². The quantitative estimate of drug-likeness (QED) is 0.723. The molecule has 26 heavy (non-hydrogen) atoms. The molecule has 1 aliphatic heterocycles. The lowest BCUT2D eigenvalue weighted by atomic mass is 10.2. The first-order valence-electron chi connectivity index (χ1n) is 8.31. The molecule has 6 nitrogen and oxygen atoms in total. The molecule has 1 aromatic carbocycles. The summed E-state index contributed by atoms with van der Waals surface area (Å²) < 4.78 is 20.5. The van der Waals surface area contributed by atoms with Gasteiger partial charge in [-0.3, -0.25) is 14.4 Å². The van der Waals surface area contributed by atoms with E-state index < -0.39 is 5.82 Å². The van der Waals surface area contributed by atoms with Gasteiger partial charge in [0, 0.05) is 6.54 Å². The number of halogens is 1. The average Bonchev–Trinajstić information content (AvgIpc) is 3.10. The number of carbonyl (C=O) groups is 1. The van der Waals surface area contributed by atoms with Crippen LogP contribution in [0.5, 0.6) is 5.75 Å². The Balaban J connectivity index is 1.56.